The van der Waals surface area contributed by atoms with Crippen LogP contribution in [0.1, 0.15) is 38.2 Å². The third-order valence-corrected chi connectivity index (χ3v) is 7.80. The molecular weight excluding hydrogens is 584 g/mol. The van der Waals surface area contributed by atoms with Crippen LogP contribution in [-0.2, 0) is 29.0 Å². The topological polar surface area (TPSA) is 122 Å². The Morgan fingerprint density at radius 1 is 0.659 bits per heavy atom. The third-order valence-electron chi connectivity index (χ3n) is 6.02. The fraction of sp³-hybridized carbons (Fsp3) is 0.206. The van der Waals surface area contributed by atoms with Crippen molar-refractivity contribution in [3.05, 3.63) is 109 Å². The van der Waals surface area contributed by atoms with E-state index in [0.29, 0.717) is 19.0 Å². The number of sulfone groups is 1. The normalized spacial score (nSPS) is 11.3. The van der Waals surface area contributed by atoms with Crippen molar-refractivity contribution in [2.75, 3.05) is 13.2 Å². The maximum Gasteiger partial charge on any atom is 0.336 e. The Morgan fingerprint density at radius 3 is 1.68 bits per heavy atom. The number of hydrogen-bond donors (Lipinski definition) is 0. The highest BCUT2D eigenvalue weighted by Gasteiger charge is 2.18. The third kappa shape index (κ3) is 11.0. The molecule has 0 atom stereocenters. The number of benzene rings is 3. The Hall–Kier alpha value is -4.96. The van der Waals surface area contributed by atoms with Gasteiger partial charge in [-0.25, -0.2) is 22.8 Å². The lowest BCUT2D eigenvalue weighted by molar-refractivity contribution is -0.138. The first-order valence-electron chi connectivity index (χ1n) is 13.9. The molecule has 0 amide bonds. The summed E-state index contributed by atoms with van der Waals surface area (Å²) in [6.45, 7) is 5.99. The van der Waals surface area contributed by atoms with Crippen LogP contribution in [-0.4, -0.2) is 39.5 Å². The molecule has 0 aliphatic carbocycles. The maximum absolute atomic E-state index is 13.0. The van der Waals surface area contributed by atoms with Crippen molar-refractivity contribution in [1.82, 2.24) is 0 Å². The zero-order chi connectivity index (χ0) is 31.8. The van der Waals surface area contributed by atoms with Gasteiger partial charge in [0, 0.05) is 18.2 Å². The molecule has 3 rings (SSSR count). The summed E-state index contributed by atoms with van der Waals surface area (Å²) in [6, 6.07) is 18.2. The van der Waals surface area contributed by atoms with E-state index in [2.05, 4.69) is 6.58 Å². The molecule has 0 saturated carbocycles. The number of carbonyl (C=O) groups is 3. The highest BCUT2D eigenvalue weighted by atomic mass is 32.2. The molecule has 0 aromatic heterocycles. The lowest BCUT2D eigenvalue weighted by Gasteiger charge is -2.07. The smallest absolute Gasteiger partial charge is 0.336 e. The van der Waals surface area contributed by atoms with Crippen LogP contribution in [0.2, 0.25) is 0 Å². The number of ether oxygens (including phenoxy) is 4. The van der Waals surface area contributed by atoms with E-state index >= 15 is 0 Å². The first-order valence-corrected chi connectivity index (χ1v) is 15.4. The largest absolute Gasteiger partial charge is 0.494 e. The Balaban J connectivity index is 1.43. The van der Waals surface area contributed by atoms with E-state index in [1.54, 1.807) is 13.0 Å². The molecule has 0 bridgehead atoms. The van der Waals surface area contributed by atoms with Gasteiger partial charge < -0.3 is 18.9 Å². The lowest BCUT2D eigenvalue weighted by atomic mass is 10.2. The number of esters is 3. The minimum atomic E-state index is -3.84. The quantitative estimate of drug-likeness (QED) is 0.0789. The summed E-state index contributed by atoms with van der Waals surface area (Å²) in [5, 5.41) is 0. The summed E-state index contributed by atoms with van der Waals surface area (Å²) in [6.07, 6.45) is 10.4. The molecule has 0 N–H and O–H groups in total. The Labute approximate surface area is 257 Å². The van der Waals surface area contributed by atoms with Crippen LogP contribution >= 0.6 is 0 Å². The molecule has 3 aromatic rings. The van der Waals surface area contributed by atoms with Gasteiger partial charge in [-0.05, 0) is 105 Å². The van der Waals surface area contributed by atoms with Crippen LogP contribution < -0.4 is 14.2 Å². The molecule has 0 heterocycles. The average Bonchev–Trinajstić information content (AvgIpc) is 3.02. The minimum Gasteiger partial charge on any atom is -0.494 e. The van der Waals surface area contributed by atoms with Gasteiger partial charge in [-0.2, -0.15) is 0 Å². The summed E-state index contributed by atoms with van der Waals surface area (Å²) in [5.41, 5.74) is 0.771. The van der Waals surface area contributed by atoms with Gasteiger partial charge in [0.25, 0.3) is 0 Å². The summed E-state index contributed by atoms with van der Waals surface area (Å²) in [7, 11) is -3.84. The molecule has 0 fully saturated rings. The molecule has 230 valence electrons. The summed E-state index contributed by atoms with van der Waals surface area (Å²) < 4.78 is 47.0. The molecule has 0 saturated heterocycles. The second-order valence-electron chi connectivity index (χ2n) is 9.33. The predicted octanol–water partition coefficient (Wildman–Crippen LogP) is 6.29. The molecule has 0 aliphatic rings. The highest BCUT2D eigenvalue weighted by molar-refractivity contribution is 7.91. The molecule has 0 aliphatic heterocycles. The van der Waals surface area contributed by atoms with Crippen molar-refractivity contribution in [3.8, 4) is 17.2 Å². The van der Waals surface area contributed by atoms with Gasteiger partial charge in [0.05, 0.1) is 23.0 Å². The Bertz CT molecular complexity index is 1570. The van der Waals surface area contributed by atoms with Gasteiger partial charge in [0.1, 0.15) is 17.2 Å². The molecule has 0 unspecified atom stereocenters. The molecule has 44 heavy (non-hydrogen) atoms. The van der Waals surface area contributed by atoms with Crippen LogP contribution in [0.3, 0.4) is 0 Å². The van der Waals surface area contributed by atoms with Crippen LogP contribution in [0.4, 0.5) is 0 Å². The fourth-order valence-electron chi connectivity index (χ4n) is 3.77. The van der Waals surface area contributed by atoms with E-state index in [1.807, 2.05) is 24.3 Å². The van der Waals surface area contributed by atoms with Crippen molar-refractivity contribution < 1.29 is 41.7 Å². The molecular formula is C34H34O9S. The lowest BCUT2D eigenvalue weighted by Crippen LogP contribution is -2.06. The summed E-state index contributed by atoms with van der Waals surface area (Å²) >= 11 is 0. The van der Waals surface area contributed by atoms with Crippen molar-refractivity contribution in [2.24, 2.45) is 0 Å². The first kappa shape index (κ1) is 33.5. The zero-order valence-electron chi connectivity index (χ0n) is 24.3. The van der Waals surface area contributed by atoms with Gasteiger partial charge in [0.15, 0.2) is 0 Å². The number of hydrogen-bond acceptors (Lipinski definition) is 9. The van der Waals surface area contributed by atoms with Gasteiger partial charge >= 0.3 is 17.9 Å². The van der Waals surface area contributed by atoms with E-state index in [1.165, 1.54) is 66.8 Å². The van der Waals surface area contributed by atoms with Crippen molar-refractivity contribution in [2.45, 2.75) is 42.4 Å². The van der Waals surface area contributed by atoms with E-state index in [4.69, 9.17) is 18.9 Å². The fourth-order valence-corrected chi connectivity index (χ4v) is 5.03. The summed E-state index contributed by atoms with van der Waals surface area (Å²) in [4.78, 5) is 34.9. The Kier molecular flexibility index (Phi) is 13.1. The number of rotatable bonds is 16. The SMILES string of the molecule is C=CC(=O)OCCCCCCOc1ccc(/C=C/C(=O)Oc2ccc(S(=O)(=O)c3ccc(OC(=O)/C=C/C)cc3)cc2)cc1. The maximum atomic E-state index is 13.0. The molecule has 0 radical (unpaired) electrons. The average molecular weight is 619 g/mol. The van der Waals surface area contributed by atoms with Crippen LogP contribution in [0, 0.1) is 0 Å². The number of allylic oxidation sites excluding steroid dienone is 1. The number of carbonyl (C=O) groups excluding carboxylic acids is 3. The van der Waals surface area contributed by atoms with E-state index < -0.39 is 27.7 Å². The van der Waals surface area contributed by atoms with Crippen molar-refractivity contribution in [3.63, 3.8) is 0 Å². The van der Waals surface area contributed by atoms with E-state index in [0.717, 1.165) is 37.3 Å². The zero-order valence-corrected chi connectivity index (χ0v) is 25.2. The first-order chi connectivity index (χ1) is 21.2. The van der Waals surface area contributed by atoms with Gasteiger partial charge in [-0.1, -0.05) is 24.8 Å². The van der Waals surface area contributed by atoms with Crippen molar-refractivity contribution in [1.29, 1.82) is 0 Å². The molecule has 10 heteroatoms. The second kappa shape index (κ2) is 17.2. The molecule has 3 aromatic carbocycles. The van der Waals surface area contributed by atoms with Gasteiger partial charge in [0.2, 0.25) is 9.84 Å². The van der Waals surface area contributed by atoms with Crippen LogP contribution in [0.25, 0.3) is 6.08 Å². The van der Waals surface area contributed by atoms with Crippen molar-refractivity contribution >= 4 is 33.8 Å². The molecule has 0 spiro atoms. The van der Waals surface area contributed by atoms with Crippen LogP contribution in [0.15, 0.2) is 113 Å². The molecule has 9 nitrogen and oxygen atoms in total. The highest BCUT2D eigenvalue weighted by Crippen LogP contribution is 2.25. The predicted molar refractivity (Wildman–Crippen MR) is 165 cm³/mol. The van der Waals surface area contributed by atoms with Gasteiger partial charge in [-0.15, -0.1) is 0 Å². The monoisotopic (exact) mass is 618 g/mol. The minimum absolute atomic E-state index is 0.0142. The van der Waals surface area contributed by atoms with E-state index in [-0.39, 0.29) is 21.3 Å². The van der Waals surface area contributed by atoms with Gasteiger partial charge in [-0.3, -0.25) is 0 Å². The van der Waals surface area contributed by atoms with E-state index in [9.17, 15) is 22.8 Å². The Morgan fingerprint density at radius 2 is 1.16 bits per heavy atom. The standard InChI is InChI=1S/C34H34O9S/c1-3-9-33(36)42-28-15-19-30(20-16-28)44(38,39)31-21-17-29(18-22-31)43-34(37)23-12-26-10-13-27(14-11-26)40-24-7-5-6-8-25-41-32(35)4-2/h3-4,9-23H,2,5-8,24-25H2,1H3/b9-3+,23-12+. The summed E-state index contributed by atoms with van der Waals surface area (Å²) in [5.74, 6) is -0.472. The second-order valence-corrected chi connectivity index (χ2v) is 11.3. The van der Waals surface area contributed by atoms with Crippen LogP contribution in [0.5, 0.6) is 17.2 Å². The number of unbranched alkanes of at least 4 members (excludes halogenated alkanes) is 3.